The SMILES string of the molecule is C[C@@]1(O)CCOC2(CCN(C(=O)c3ccc4cc[nH]c4c3)CC2)[C@H]1O. The highest BCUT2D eigenvalue weighted by Crippen LogP contribution is 2.40. The Morgan fingerprint density at radius 3 is 2.80 bits per heavy atom. The molecule has 1 aromatic carbocycles. The molecular formula is C19H24N2O4. The lowest BCUT2D eigenvalue weighted by Gasteiger charge is -2.51. The zero-order valence-electron chi connectivity index (χ0n) is 14.4. The molecule has 0 unspecified atom stereocenters. The van der Waals surface area contributed by atoms with Crippen molar-refractivity contribution in [2.75, 3.05) is 19.7 Å². The van der Waals surface area contributed by atoms with Crippen molar-refractivity contribution in [1.82, 2.24) is 9.88 Å². The van der Waals surface area contributed by atoms with Crippen LogP contribution in [0.25, 0.3) is 10.9 Å². The third-order valence-corrected chi connectivity index (χ3v) is 5.78. The van der Waals surface area contributed by atoms with E-state index in [1.54, 1.807) is 11.8 Å². The van der Waals surface area contributed by atoms with Crippen LogP contribution in [0.3, 0.4) is 0 Å². The molecule has 1 spiro atoms. The van der Waals surface area contributed by atoms with Crippen LogP contribution in [0.15, 0.2) is 30.5 Å². The minimum absolute atomic E-state index is 0.0107. The highest BCUT2D eigenvalue weighted by molar-refractivity contribution is 5.98. The van der Waals surface area contributed by atoms with E-state index in [0.29, 0.717) is 44.5 Å². The topological polar surface area (TPSA) is 85.8 Å². The van der Waals surface area contributed by atoms with Crippen molar-refractivity contribution in [2.24, 2.45) is 0 Å². The number of ether oxygens (including phenoxy) is 1. The molecule has 1 amide bonds. The summed E-state index contributed by atoms with van der Waals surface area (Å²) in [6.45, 7) is 3.11. The Balaban J connectivity index is 1.48. The van der Waals surface area contributed by atoms with Gasteiger partial charge in [0.25, 0.3) is 5.91 Å². The van der Waals surface area contributed by atoms with Gasteiger partial charge in [0.05, 0.1) is 12.2 Å². The van der Waals surface area contributed by atoms with Crippen molar-refractivity contribution < 1.29 is 19.7 Å². The van der Waals surface area contributed by atoms with Crippen LogP contribution in [0.4, 0.5) is 0 Å². The third kappa shape index (κ3) is 2.74. The number of benzene rings is 1. The summed E-state index contributed by atoms with van der Waals surface area (Å²) in [5.41, 5.74) is -0.283. The zero-order chi connectivity index (χ0) is 17.7. The lowest BCUT2D eigenvalue weighted by Crippen LogP contribution is -2.64. The molecule has 1 aromatic heterocycles. The molecule has 4 rings (SSSR count). The van der Waals surface area contributed by atoms with Gasteiger partial charge >= 0.3 is 0 Å². The summed E-state index contributed by atoms with van der Waals surface area (Å²) in [6.07, 6.45) is 2.41. The van der Waals surface area contributed by atoms with Crippen molar-refractivity contribution >= 4 is 16.8 Å². The second-order valence-corrected chi connectivity index (χ2v) is 7.49. The van der Waals surface area contributed by atoms with Crippen LogP contribution < -0.4 is 0 Å². The monoisotopic (exact) mass is 344 g/mol. The molecule has 3 heterocycles. The minimum atomic E-state index is -1.14. The predicted octanol–water partition coefficient (Wildman–Crippen LogP) is 1.67. The summed E-state index contributed by atoms with van der Waals surface area (Å²) in [4.78, 5) is 17.7. The van der Waals surface area contributed by atoms with E-state index in [1.165, 1.54) is 0 Å². The van der Waals surface area contributed by atoms with E-state index in [9.17, 15) is 15.0 Å². The number of fused-ring (bicyclic) bond motifs is 1. The zero-order valence-corrected chi connectivity index (χ0v) is 14.4. The first-order valence-corrected chi connectivity index (χ1v) is 8.82. The van der Waals surface area contributed by atoms with Gasteiger partial charge in [0.1, 0.15) is 11.7 Å². The molecule has 134 valence electrons. The first kappa shape index (κ1) is 16.6. The number of amides is 1. The summed E-state index contributed by atoms with van der Waals surface area (Å²) in [7, 11) is 0. The number of nitrogens with one attached hydrogen (secondary N) is 1. The molecule has 2 aromatic rings. The Kier molecular flexibility index (Phi) is 3.86. The maximum absolute atomic E-state index is 12.8. The molecule has 0 saturated carbocycles. The second-order valence-electron chi connectivity index (χ2n) is 7.49. The van der Waals surface area contributed by atoms with Crippen molar-refractivity contribution in [2.45, 2.75) is 43.5 Å². The quantitative estimate of drug-likeness (QED) is 0.735. The van der Waals surface area contributed by atoms with Gasteiger partial charge in [-0.1, -0.05) is 6.07 Å². The van der Waals surface area contributed by atoms with Crippen LogP contribution >= 0.6 is 0 Å². The number of H-pyrrole nitrogens is 1. The average Bonchev–Trinajstić information content (AvgIpc) is 3.07. The van der Waals surface area contributed by atoms with E-state index in [-0.39, 0.29) is 5.91 Å². The summed E-state index contributed by atoms with van der Waals surface area (Å²) in [5.74, 6) is -0.0107. The fourth-order valence-corrected chi connectivity index (χ4v) is 4.11. The van der Waals surface area contributed by atoms with Crippen LogP contribution in [0, 0.1) is 0 Å². The molecule has 2 atom stereocenters. The number of aromatic amines is 1. The summed E-state index contributed by atoms with van der Waals surface area (Å²) in [6, 6.07) is 7.63. The van der Waals surface area contributed by atoms with Gasteiger partial charge < -0.3 is 24.8 Å². The van der Waals surface area contributed by atoms with Crippen molar-refractivity contribution in [3.63, 3.8) is 0 Å². The molecule has 25 heavy (non-hydrogen) atoms. The number of piperidine rings is 1. The summed E-state index contributed by atoms with van der Waals surface area (Å²) in [5, 5.41) is 22.0. The van der Waals surface area contributed by atoms with E-state index in [0.717, 1.165) is 10.9 Å². The Bertz CT molecular complexity index is 790. The van der Waals surface area contributed by atoms with Crippen molar-refractivity contribution in [3.05, 3.63) is 36.0 Å². The maximum Gasteiger partial charge on any atom is 0.253 e. The van der Waals surface area contributed by atoms with Crippen LogP contribution in [0.2, 0.25) is 0 Å². The predicted molar refractivity (Wildman–Crippen MR) is 93.4 cm³/mol. The fraction of sp³-hybridized carbons (Fsp3) is 0.526. The number of hydrogen-bond acceptors (Lipinski definition) is 4. The van der Waals surface area contributed by atoms with Gasteiger partial charge in [-0.25, -0.2) is 0 Å². The molecule has 2 fully saturated rings. The van der Waals surface area contributed by atoms with Crippen LogP contribution in [0.5, 0.6) is 0 Å². The van der Waals surface area contributed by atoms with Gasteiger partial charge in [-0.2, -0.15) is 0 Å². The number of aliphatic hydroxyl groups excluding tert-OH is 1. The highest BCUT2D eigenvalue weighted by Gasteiger charge is 2.52. The van der Waals surface area contributed by atoms with E-state index in [4.69, 9.17) is 4.74 Å². The van der Waals surface area contributed by atoms with Gasteiger partial charge in [-0.15, -0.1) is 0 Å². The lowest BCUT2D eigenvalue weighted by atomic mass is 9.75. The van der Waals surface area contributed by atoms with Crippen molar-refractivity contribution in [3.8, 4) is 0 Å². The van der Waals surface area contributed by atoms with E-state index in [2.05, 4.69) is 4.98 Å². The number of aliphatic hydroxyl groups is 2. The number of nitrogens with zero attached hydrogens (tertiary/aromatic N) is 1. The smallest absolute Gasteiger partial charge is 0.253 e. The fourth-order valence-electron chi connectivity index (χ4n) is 4.11. The molecule has 6 nitrogen and oxygen atoms in total. The Morgan fingerprint density at radius 1 is 1.28 bits per heavy atom. The summed E-state index contributed by atoms with van der Waals surface area (Å²) >= 11 is 0. The number of aromatic nitrogens is 1. The average molecular weight is 344 g/mol. The van der Waals surface area contributed by atoms with Gasteiger partial charge in [0.15, 0.2) is 0 Å². The van der Waals surface area contributed by atoms with E-state index >= 15 is 0 Å². The molecular weight excluding hydrogens is 320 g/mol. The van der Waals surface area contributed by atoms with Crippen LogP contribution in [-0.4, -0.2) is 63.0 Å². The largest absolute Gasteiger partial charge is 0.387 e. The Hall–Kier alpha value is -1.89. The number of carbonyl (C=O) groups excluding carboxylic acids is 1. The Morgan fingerprint density at radius 2 is 2.04 bits per heavy atom. The molecule has 6 heteroatoms. The first-order valence-electron chi connectivity index (χ1n) is 8.82. The summed E-state index contributed by atoms with van der Waals surface area (Å²) < 4.78 is 5.88. The standard InChI is InChI=1S/C19H24N2O4/c1-18(24)7-11-25-19(17(18)23)5-9-21(10-6-19)16(22)14-3-2-13-4-8-20-15(13)12-14/h2-4,8,12,17,20,23-24H,5-7,9-11H2,1H3/t17-,18+/m0/s1. The van der Waals surface area contributed by atoms with Crippen molar-refractivity contribution in [1.29, 1.82) is 0 Å². The number of likely N-dealkylation sites (tertiary alicyclic amines) is 1. The maximum atomic E-state index is 12.8. The molecule has 0 radical (unpaired) electrons. The van der Waals surface area contributed by atoms with Crippen LogP contribution in [-0.2, 0) is 4.74 Å². The molecule has 2 aliphatic heterocycles. The molecule has 0 bridgehead atoms. The number of hydrogen-bond donors (Lipinski definition) is 3. The normalized spacial score (nSPS) is 29.2. The van der Waals surface area contributed by atoms with Gasteiger partial charge in [0.2, 0.25) is 0 Å². The first-order chi connectivity index (χ1) is 11.9. The van der Waals surface area contributed by atoms with E-state index < -0.39 is 17.3 Å². The minimum Gasteiger partial charge on any atom is -0.387 e. The van der Waals surface area contributed by atoms with E-state index in [1.807, 2.05) is 30.5 Å². The lowest BCUT2D eigenvalue weighted by molar-refractivity contribution is -0.244. The molecule has 0 aliphatic carbocycles. The van der Waals surface area contributed by atoms with Crippen LogP contribution in [0.1, 0.15) is 36.5 Å². The van der Waals surface area contributed by atoms with Gasteiger partial charge in [0, 0.05) is 36.8 Å². The Labute approximate surface area is 146 Å². The second kappa shape index (κ2) is 5.83. The highest BCUT2D eigenvalue weighted by atomic mass is 16.5. The third-order valence-electron chi connectivity index (χ3n) is 5.78. The molecule has 2 aliphatic rings. The van der Waals surface area contributed by atoms with Gasteiger partial charge in [-0.3, -0.25) is 4.79 Å². The number of carbonyl (C=O) groups is 1. The molecule has 3 N–H and O–H groups in total. The molecule has 2 saturated heterocycles. The number of rotatable bonds is 1. The van der Waals surface area contributed by atoms with Gasteiger partial charge in [-0.05, 0) is 43.4 Å².